The molecule has 0 spiro atoms. The number of hydrogen-bond donors (Lipinski definition) is 9. The Morgan fingerprint density at radius 1 is 0.897 bits per heavy atom. The van der Waals surface area contributed by atoms with Crippen LogP contribution >= 0.6 is 0 Å². The van der Waals surface area contributed by atoms with Gasteiger partial charge in [-0.1, -0.05) is 77.8 Å². The second-order valence-electron chi connectivity index (χ2n) is 18.2. The van der Waals surface area contributed by atoms with Gasteiger partial charge in [0, 0.05) is 26.4 Å². The van der Waals surface area contributed by atoms with Gasteiger partial charge in [-0.2, -0.15) is 0 Å². The van der Waals surface area contributed by atoms with Gasteiger partial charge in [-0.3, -0.25) is 43.3 Å². The molecule has 22 nitrogen and oxygen atoms in total. The topological polar surface area (TPSA) is 334 Å². The van der Waals surface area contributed by atoms with Crippen LogP contribution in [-0.2, 0) is 54.3 Å². The molecular formula is C46H72N10O12. The van der Waals surface area contributed by atoms with Crippen molar-refractivity contribution in [3.63, 3.8) is 0 Å². The number of nitrogens with zero attached hydrogens (tertiary/aromatic N) is 3. The Labute approximate surface area is 397 Å². The third-order valence-electron chi connectivity index (χ3n) is 11.8. The smallest absolute Gasteiger partial charge is 0.329 e. The number of esters is 1. The lowest BCUT2D eigenvalue weighted by Gasteiger charge is -2.43. The van der Waals surface area contributed by atoms with E-state index in [4.69, 9.17) is 16.2 Å². The molecule has 9 atom stereocenters. The number of amides is 7. The van der Waals surface area contributed by atoms with Gasteiger partial charge in [-0.05, 0) is 62.8 Å². The van der Waals surface area contributed by atoms with E-state index in [1.807, 2.05) is 20.8 Å². The Bertz CT molecular complexity index is 1960. The van der Waals surface area contributed by atoms with Crippen molar-refractivity contribution in [2.75, 3.05) is 13.6 Å². The van der Waals surface area contributed by atoms with Gasteiger partial charge in [0.05, 0.1) is 6.42 Å². The predicted octanol–water partition coefficient (Wildman–Crippen LogP) is -0.455. The van der Waals surface area contributed by atoms with Crippen LogP contribution in [0.1, 0.15) is 111 Å². The van der Waals surface area contributed by atoms with E-state index in [-0.39, 0.29) is 63.4 Å². The zero-order valence-corrected chi connectivity index (χ0v) is 40.2. The summed E-state index contributed by atoms with van der Waals surface area (Å²) in [5.74, 6) is -9.59. The fraction of sp³-hybridized carbons (Fsp3) is 0.652. The molecule has 11 N–H and O–H groups in total. The zero-order chi connectivity index (χ0) is 50.8. The maximum atomic E-state index is 14.8. The van der Waals surface area contributed by atoms with Crippen molar-refractivity contribution in [1.82, 2.24) is 36.4 Å². The summed E-state index contributed by atoms with van der Waals surface area (Å²) in [7, 11) is 1.39. The van der Waals surface area contributed by atoms with Crippen molar-refractivity contribution < 1.29 is 58.1 Å². The number of carbonyl (C=O) groups excluding carboxylic acids is 8. The molecule has 378 valence electrons. The quantitative estimate of drug-likeness (QED) is 0.0390. The normalized spacial score (nSPS) is 24.9. The monoisotopic (exact) mass is 957 g/mol. The summed E-state index contributed by atoms with van der Waals surface area (Å²) >= 11 is 0. The van der Waals surface area contributed by atoms with E-state index in [9.17, 15) is 53.4 Å². The summed E-state index contributed by atoms with van der Waals surface area (Å²) in [5.41, 5.74) is 11.7. The molecule has 1 aromatic rings. The lowest BCUT2D eigenvalue weighted by molar-refractivity contribution is -0.166. The lowest BCUT2D eigenvalue weighted by atomic mass is 9.94. The van der Waals surface area contributed by atoms with Crippen LogP contribution in [0.2, 0.25) is 0 Å². The largest absolute Gasteiger partial charge is 0.481 e. The Hall–Kier alpha value is -6.32. The number of benzene rings is 1. The second-order valence-corrected chi connectivity index (χ2v) is 18.2. The molecule has 7 amide bonds. The average Bonchev–Trinajstić information content (AvgIpc) is 3.26. The number of rotatable bonds is 18. The van der Waals surface area contributed by atoms with Gasteiger partial charge in [0.2, 0.25) is 41.4 Å². The molecule has 0 radical (unpaired) electrons. The van der Waals surface area contributed by atoms with Gasteiger partial charge >= 0.3 is 11.9 Å². The van der Waals surface area contributed by atoms with Gasteiger partial charge in [-0.15, -0.1) is 0 Å². The minimum absolute atomic E-state index is 0.00735. The fourth-order valence-corrected chi connectivity index (χ4v) is 8.03. The molecule has 2 bridgehead atoms. The molecule has 68 heavy (non-hydrogen) atoms. The highest BCUT2D eigenvalue weighted by Gasteiger charge is 2.46. The van der Waals surface area contributed by atoms with Crippen LogP contribution in [0.3, 0.4) is 0 Å². The third kappa shape index (κ3) is 16.8. The molecule has 0 aliphatic carbocycles. The molecule has 1 aromatic carbocycles. The Balaban J connectivity index is 2.22. The van der Waals surface area contributed by atoms with E-state index in [0.29, 0.717) is 18.4 Å². The summed E-state index contributed by atoms with van der Waals surface area (Å²) in [6, 6.07) is -1.57. The number of aliphatic carboxylic acids is 1. The summed E-state index contributed by atoms with van der Waals surface area (Å²) < 4.78 is 5.82. The van der Waals surface area contributed by atoms with E-state index in [1.165, 1.54) is 18.9 Å². The van der Waals surface area contributed by atoms with Crippen LogP contribution < -0.4 is 38.1 Å². The summed E-state index contributed by atoms with van der Waals surface area (Å²) in [4.78, 5) is 132. The third-order valence-corrected chi connectivity index (χ3v) is 11.8. The molecule has 9 unspecified atom stereocenters. The number of unbranched alkanes of at least 4 members (excludes halogenated alkanes) is 2. The first-order valence-electron chi connectivity index (χ1n) is 23.3. The van der Waals surface area contributed by atoms with Crippen molar-refractivity contribution in [3.05, 3.63) is 35.9 Å². The van der Waals surface area contributed by atoms with Crippen molar-refractivity contribution in [2.45, 2.75) is 167 Å². The first kappa shape index (κ1) is 56.0. The minimum Gasteiger partial charge on any atom is -0.481 e. The van der Waals surface area contributed by atoms with Gasteiger partial charge in [0.15, 0.2) is 5.96 Å². The van der Waals surface area contributed by atoms with Crippen molar-refractivity contribution >= 4 is 59.2 Å². The highest BCUT2D eigenvalue weighted by molar-refractivity contribution is 5.98. The van der Waals surface area contributed by atoms with Crippen LogP contribution in [0.25, 0.3) is 0 Å². The molecule has 0 aromatic heterocycles. The first-order valence-corrected chi connectivity index (χ1v) is 23.3. The Kier molecular flexibility index (Phi) is 22.1. The molecule has 2 heterocycles. The van der Waals surface area contributed by atoms with E-state index in [0.717, 1.165) is 11.3 Å². The molecular weight excluding hydrogens is 885 g/mol. The number of guanidine groups is 1. The van der Waals surface area contributed by atoms with Gasteiger partial charge in [0.1, 0.15) is 54.6 Å². The standard InChI is InChI=1S/C46H72N10O12/c1-8-9-11-18-34(57)50-31(24-36(59)60)40(62)54-38-27(6)68-45(67)37(26(4)5)53-41(63)32(23-28-15-12-10-13-16-28)55(7)44(66)33(22-25(2)3)56-35(58)20-19-30(43(56)65)52-39(61)29(51-42(38)64)17-14-21-49-46(47)48/h10,12-13,15-16,25-27,29-33,35,37-38,58H,8-9,11,14,17-24H2,1-7H3,(H,50,57)(H,51,64)(H,52,61)(H,53,63)(H,54,62)(H,59,60)(H4,47,48,49). The highest BCUT2D eigenvalue weighted by Crippen LogP contribution is 2.26. The maximum absolute atomic E-state index is 14.8. The van der Waals surface area contributed by atoms with Gasteiger partial charge in [0.25, 0.3) is 0 Å². The summed E-state index contributed by atoms with van der Waals surface area (Å²) in [6.45, 7) is 10.1. The summed E-state index contributed by atoms with van der Waals surface area (Å²) in [5, 5.41) is 33.9. The van der Waals surface area contributed by atoms with Crippen LogP contribution in [-0.4, -0.2) is 147 Å². The molecule has 0 saturated carbocycles. The second kappa shape index (κ2) is 26.9. The van der Waals surface area contributed by atoms with E-state index in [1.54, 1.807) is 44.2 Å². The minimum atomic E-state index is -1.85. The maximum Gasteiger partial charge on any atom is 0.329 e. The molecule has 2 fully saturated rings. The number of cyclic esters (lactones) is 1. The number of aliphatic imine (C=N–C) groups is 1. The number of piperidine rings is 1. The van der Waals surface area contributed by atoms with E-state index >= 15 is 0 Å². The number of ether oxygens (including phenoxy) is 1. The van der Waals surface area contributed by atoms with Crippen LogP contribution in [0.5, 0.6) is 0 Å². The number of nitrogens with one attached hydrogen (secondary N) is 5. The fourth-order valence-electron chi connectivity index (χ4n) is 8.03. The molecule has 3 rings (SSSR count). The van der Waals surface area contributed by atoms with E-state index < -0.39 is 120 Å². The zero-order valence-electron chi connectivity index (χ0n) is 40.2. The summed E-state index contributed by atoms with van der Waals surface area (Å²) in [6.07, 6.45) is -2.15. The number of likely N-dealkylation sites (N-methyl/N-ethyl adjacent to an activating group) is 1. The highest BCUT2D eigenvalue weighted by atomic mass is 16.5. The van der Waals surface area contributed by atoms with Crippen LogP contribution in [0, 0.1) is 11.8 Å². The van der Waals surface area contributed by atoms with Crippen molar-refractivity contribution in [2.24, 2.45) is 28.3 Å². The number of aliphatic hydroxyl groups excluding tert-OH is 1. The molecule has 2 aliphatic rings. The average molecular weight is 957 g/mol. The van der Waals surface area contributed by atoms with Crippen LogP contribution in [0.15, 0.2) is 35.3 Å². The number of carboxylic acid groups (broad SMARTS) is 1. The number of carboxylic acids is 1. The number of fused-ring (bicyclic) bond motifs is 2. The SMILES string of the molecule is CCCCCC(=O)NC(CC(=O)O)C(=O)NC1C(=O)NC(CCCN=C(N)N)C(=O)NC2CCC(O)N(C2=O)C(CC(C)C)C(=O)N(C)C(Cc2ccccc2)C(=O)NC(C(C)C)C(=O)OC1C. The Morgan fingerprint density at radius 2 is 1.57 bits per heavy atom. The van der Waals surface area contributed by atoms with Crippen LogP contribution in [0.4, 0.5) is 0 Å². The van der Waals surface area contributed by atoms with Crippen molar-refractivity contribution in [3.8, 4) is 0 Å². The van der Waals surface area contributed by atoms with E-state index in [2.05, 4.69) is 31.6 Å². The van der Waals surface area contributed by atoms with Gasteiger partial charge < -0.3 is 62.8 Å². The molecule has 22 heteroatoms. The number of hydrogen-bond acceptors (Lipinski definition) is 12. The predicted molar refractivity (Wildman–Crippen MR) is 248 cm³/mol. The van der Waals surface area contributed by atoms with Gasteiger partial charge in [-0.25, -0.2) is 4.79 Å². The number of aliphatic hydroxyl groups is 1. The first-order chi connectivity index (χ1) is 32.0. The van der Waals surface area contributed by atoms with Crippen molar-refractivity contribution in [1.29, 1.82) is 0 Å². The molecule has 2 saturated heterocycles. The number of nitrogens with two attached hydrogens (primary N) is 2. The number of carbonyl (C=O) groups is 9. The lowest BCUT2D eigenvalue weighted by Crippen LogP contribution is -2.65. The molecule has 2 aliphatic heterocycles. The Morgan fingerprint density at radius 3 is 2.18 bits per heavy atom.